The van der Waals surface area contributed by atoms with Crippen molar-refractivity contribution < 1.29 is 28.9 Å². The predicted molar refractivity (Wildman–Crippen MR) is 143 cm³/mol. The van der Waals surface area contributed by atoms with Gasteiger partial charge in [-0.3, -0.25) is 4.90 Å². The molecule has 3 rings (SSSR count). The van der Waals surface area contributed by atoms with Gasteiger partial charge in [0.15, 0.2) is 11.5 Å². The van der Waals surface area contributed by atoms with E-state index >= 15 is 0 Å². The van der Waals surface area contributed by atoms with Crippen LogP contribution in [0.15, 0.2) is 36.4 Å². The molecule has 0 unspecified atom stereocenters. The molecule has 3 amide bonds. The summed E-state index contributed by atoms with van der Waals surface area (Å²) in [5, 5.41) is 11.1. The van der Waals surface area contributed by atoms with Crippen LogP contribution in [0.4, 0.5) is 15.3 Å². The number of aryl methyl sites for hydroxylation is 1. The molecule has 9 heteroatoms. The second-order valence-corrected chi connectivity index (χ2v) is 9.08. The maximum Gasteiger partial charge on any atom is 0.404 e. The number of amides is 3. The van der Waals surface area contributed by atoms with Crippen molar-refractivity contribution >= 4 is 17.8 Å². The van der Waals surface area contributed by atoms with Crippen molar-refractivity contribution in [1.29, 1.82) is 0 Å². The molecule has 2 aromatic carbocycles. The molecule has 1 aliphatic heterocycles. The van der Waals surface area contributed by atoms with Crippen LogP contribution in [0.2, 0.25) is 0 Å². The van der Waals surface area contributed by atoms with Gasteiger partial charge < -0.3 is 29.5 Å². The Kier molecular flexibility index (Phi) is 10.7. The van der Waals surface area contributed by atoms with Gasteiger partial charge in [-0.15, -0.1) is 0 Å². The van der Waals surface area contributed by atoms with Gasteiger partial charge in [-0.05, 0) is 49.4 Å². The van der Waals surface area contributed by atoms with Crippen molar-refractivity contribution in [3.05, 3.63) is 47.5 Å². The van der Waals surface area contributed by atoms with E-state index in [1.165, 1.54) is 0 Å². The number of anilines is 1. The van der Waals surface area contributed by atoms with Gasteiger partial charge in [0, 0.05) is 37.0 Å². The lowest BCUT2D eigenvalue weighted by Gasteiger charge is -2.36. The number of urea groups is 1. The summed E-state index contributed by atoms with van der Waals surface area (Å²) in [6.45, 7) is 4.90. The molecule has 0 aromatic heterocycles. The molecule has 0 aliphatic carbocycles. The zero-order chi connectivity index (χ0) is 26.6. The van der Waals surface area contributed by atoms with Crippen LogP contribution in [0.5, 0.6) is 17.2 Å². The summed E-state index contributed by atoms with van der Waals surface area (Å²) in [6.07, 6.45) is 4.46. The fraction of sp³-hybridized carbons (Fsp3) is 0.500. The SMILES string of the molecule is CCCCCOc1cc(N2CCCN(Cc3ccc(CCCNC(=O)O)cc3OC)C2=O)ccc1OC. The summed E-state index contributed by atoms with van der Waals surface area (Å²) in [7, 11) is 3.24. The Morgan fingerprint density at radius 2 is 1.81 bits per heavy atom. The number of rotatable bonds is 14. The molecule has 37 heavy (non-hydrogen) atoms. The molecule has 0 radical (unpaired) electrons. The lowest BCUT2D eigenvalue weighted by atomic mass is 10.1. The van der Waals surface area contributed by atoms with Gasteiger partial charge >= 0.3 is 12.1 Å². The molecule has 0 spiro atoms. The van der Waals surface area contributed by atoms with Gasteiger partial charge in [-0.25, -0.2) is 9.59 Å². The summed E-state index contributed by atoms with van der Waals surface area (Å²) >= 11 is 0. The number of methoxy groups -OCH3 is 2. The smallest absolute Gasteiger partial charge is 0.404 e. The molecule has 202 valence electrons. The third kappa shape index (κ3) is 7.93. The Labute approximate surface area is 219 Å². The molecule has 1 heterocycles. The minimum atomic E-state index is -1.02. The van der Waals surface area contributed by atoms with Crippen molar-refractivity contribution in [2.45, 2.75) is 52.0 Å². The van der Waals surface area contributed by atoms with E-state index < -0.39 is 6.09 Å². The molecule has 0 bridgehead atoms. The fourth-order valence-corrected chi connectivity index (χ4v) is 4.42. The quantitative estimate of drug-likeness (QED) is 0.332. The largest absolute Gasteiger partial charge is 0.496 e. The Bertz CT molecular complexity index is 1040. The van der Waals surface area contributed by atoms with Gasteiger partial charge in [-0.2, -0.15) is 0 Å². The summed E-state index contributed by atoms with van der Waals surface area (Å²) in [5.74, 6) is 2.03. The van der Waals surface area contributed by atoms with Crippen molar-refractivity contribution in [2.24, 2.45) is 0 Å². The predicted octanol–water partition coefficient (Wildman–Crippen LogP) is 5.31. The van der Waals surface area contributed by atoms with Gasteiger partial charge in [0.25, 0.3) is 0 Å². The second-order valence-electron chi connectivity index (χ2n) is 9.08. The number of carbonyl (C=O) groups excluding carboxylic acids is 1. The number of ether oxygens (including phenoxy) is 3. The average Bonchev–Trinajstić information content (AvgIpc) is 2.90. The molecule has 1 aliphatic rings. The number of nitrogens with zero attached hydrogens (tertiary/aromatic N) is 2. The summed E-state index contributed by atoms with van der Waals surface area (Å²) in [6, 6.07) is 11.5. The number of unbranched alkanes of at least 4 members (excludes halogenated alkanes) is 2. The van der Waals surface area contributed by atoms with Crippen molar-refractivity contribution in [3.8, 4) is 17.2 Å². The van der Waals surface area contributed by atoms with Crippen molar-refractivity contribution in [1.82, 2.24) is 10.2 Å². The normalized spacial score (nSPS) is 13.4. The molecule has 9 nitrogen and oxygen atoms in total. The van der Waals surface area contributed by atoms with E-state index in [1.807, 2.05) is 41.3 Å². The monoisotopic (exact) mass is 513 g/mol. The van der Waals surface area contributed by atoms with Crippen LogP contribution < -0.4 is 24.4 Å². The lowest BCUT2D eigenvalue weighted by molar-refractivity contribution is 0.191. The van der Waals surface area contributed by atoms with E-state index in [0.717, 1.165) is 54.7 Å². The minimum absolute atomic E-state index is 0.0563. The zero-order valence-corrected chi connectivity index (χ0v) is 22.1. The maximum absolute atomic E-state index is 13.5. The van der Waals surface area contributed by atoms with Crippen LogP contribution in [0, 0.1) is 0 Å². The van der Waals surface area contributed by atoms with Crippen molar-refractivity contribution in [2.75, 3.05) is 45.4 Å². The van der Waals surface area contributed by atoms with Crippen LogP contribution in [0.1, 0.15) is 50.2 Å². The minimum Gasteiger partial charge on any atom is -0.496 e. The Hall–Kier alpha value is -3.62. The fourth-order valence-electron chi connectivity index (χ4n) is 4.42. The van der Waals surface area contributed by atoms with Gasteiger partial charge in [0.1, 0.15) is 5.75 Å². The number of hydrogen-bond donors (Lipinski definition) is 2. The molecule has 2 aromatic rings. The zero-order valence-electron chi connectivity index (χ0n) is 22.1. The first-order valence-electron chi connectivity index (χ1n) is 13.0. The molecule has 0 atom stereocenters. The van der Waals surface area contributed by atoms with Crippen LogP contribution in [0.25, 0.3) is 0 Å². The first kappa shape index (κ1) is 28.0. The van der Waals surface area contributed by atoms with Crippen LogP contribution in [0.3, 0.4) is 0 Å². The maximum atomic E-state index is 13.5. The summed E-state index contributed by atoms with van der Waals surface area (Å²) < 4.78 is 17.1. The molecule has 2 N–H and O–H groups in total. The van der Waals surface area contributed by atoms with E-state index in [1.54, 1.807) is 19.1 Å². The van der Waals surface area contributed by atoms with Crippen LogP contribution in [-0.2, 0) is 13.0 Å². The lowest BCUT2D eigenvalue weighted by Crippen LogP contribution is -2.49. The topological polar surface area (TPSA) is 101 Å². The van der Waals surface area contributed by atoms with E-state index in [2.05, 4.69) is 12.2 Å². The van der Waals surface area contributed by atoms with Gasteiger partial charge in [-0.1, -0.05) is 31.9 Å². The Morgan fingerprint density at radius 3 is 2.54 bits per heavy atom. The molecule has 1 saturated heterocycles. The first-order chi connectivity index (χ1) is 18.0. The van der Waals surface area contributed by atoms with E-state index in [9.17, 15) is 9.59 Å². The first-order valence-corrected chi connectivity index (χ1v) is 13.0. The Morgan fingerprint density at radius 1 is 1.00 bits per heavy atom. The molecule has 1 fully saturated rings. The third-order valence-corrected chi connectivity index (χ3v) is 6.41. The summed E-state index contributed by atoms with van der Waals surface area (Å²) in [4.78, 5) is 27.7. The molecular weight excluding hydrogens is 474 g/mol. The van der Waals surface area contributed by atoms with Crippen LogP contribution in [-0.4, -0.2) is 62.6 Å². The van der Waals surface area contributed by atoms with Gasteiger partial charge in [0.2, 0.25) is 0 Å². The number of nitrogens with one attached hydrogen (secondary N) is 1. The standard InChI is InChI=1S/C28H39N3O6/c1-4-5-6-17-37-26-19-23(12-13-24(26)35-2)31-16-8-15-30(28(31)34)20-22-11-10-21(18-25(22)36-3)9-7-14-29-27(32)33/h10-13,18-19,29H,4-9,14-17,20H2,1-3H3,(H,32,33). The van der Waals surface area contributed by atoms with E-state index in [-0.39, 0.29) is 6.03 Å². The van der Waals surface area contributed by atoms with E-state index in [0.29, 0.717) is 50.7 Å². The highest BCUT2D eigenvalue weighted by atomic mass is 16.5. The van der Waals surface area contributed by atoms with Gasteiger partial charge in [0.05, 0.1) is 27.4 Å². The Balaban J connectivity index is 1.68. The van der Waals surface area contributed by atoms with Crippen molar-refractivity contribution in [3.63, 3.8) is 0 Å². The number of carbonyl (C=O) groups is 2. The highest BCUT2D eigenvalue weighted by Gasteiger charge is 2.28. The van der Waals surface area contributed by atoms with E-state index in [4.69, 9.17) is 19.3 Å². The number of carboxylic acid groups (broad SMARTS) is 1. The molecule has 0 saturated carbocycles. The third-order valence-electron chi connectivity index (χ3n) is 6.41. The number of hydrogen-bond acceptors (Lipinski definition) is 5. The summed E-state index contributed by atoms with van der Waals surface area (Å²) in [5.41, 5.74) is 2.78. The van der Waals surface area contributed by atoms with Crippen LogP contribution >= 0.6 is 0 Å². The second kappa shape index (κ2) is 14.2. The highest BCUT2D eigenvalue weighted by Crippen LogP contribution is 2.34. The number of benzene rings is 2. The average molecular weight is 514 g/mol. The highest BCUT2D eigenvalue weighted by molar-refractivity contribution is 5.93. The molecular formula is C28H39N3O6.